The SMILES string of the molecule is NCCc1nc(CN2CC=C(C(F)(F)F)CC2)cs1. The van der Waals surface area contributed by atoms with Gasteiger partial charge in [-0.15, -0.1) is 11.3 Å². The average Bonchev–Trinajstić information content (AvgIpc) is 2.77. The molecule has 7 heteroatoms. The molecule has 0 saturated heterocycles. The molecule has 2 rings (SSSR count). The lowest BCUT2D eigenvalue weighted by molar-refractivity contribution is -0.0960. The monoisotopic (exact) mass is 291 g/mol. The molecule has 106 valence electrons. The Labute approximate surface area is 113 Å². The Kier molecular flexibility index (Phi) is 4.59. The standard InChI is InChI=1S/C12H16F3N3S/c13-12(14,15)9-2-5-18(6-3-9)7-10-8-19-11(17-10)1-4-16/h2,8H,1,3-7,16H2. The van der Waals surface area contributed by atoms with Crippen LogP contribution in [0, 0.1) is 0 Å². The predicted octanol–water partition coefficient (Wildman–Crippen LogP) is 2.34. The maximum absolute atomic E-state index is 12.5. The smallest absolute Gasteiger partial charge is 0.330 e. The van der Waals surface area contributed by atoms with E-state index >= 15 is 0 Å². The summed E-state index contributed by atoms with van der Waals surface area (Å²) in [7, 11) is 0. The zero-order valence-corrected chi connectivity index (χ0v) is 11.2. The molecule has 0 amide bonds. The van der Waals surface area contributed by atoms with Crippen LogP contribution in [-0.2, 0) is 13.0 Å². The number of alkyl halides is 3. The van der Waals surface area contributed by atoms with Crippen molar-refractivity contribution in [3.63, 3.8) is 0 Å². The Balaban J connectivity index is 1.90. The molecular formula is C12H16F3N3S. The minimum absolute atomic E-state index is 0.0588. The zero-order chi connectivity index (χ0) is 13.9. The third-order valence-electron chi connectivity index (χ3n) is 3.00. The second kappa shape index (κ2) is 6.02. The van der Waals surface area contributed by atoms with Crippen LogP contribution in [0.5, 0.6) is 0 Å². The van der Waals surface area contributed by atoms with E-state index in [0.29, 0.717) is 26.2 Å². The van der Waals surface area contributed by atoms with Gasteiger partial charge in [0.25, 0.3) is 0 Å². The molecule has 1 aromatic heterocycles. The molecule has 1 aromatic rings. The summed E-state index contributed by atoms with van der Waals surface area (Å²) >= 11 is 1.55. The number of aromatic nitrogens is 1. The molecule has 0 spiro atoms. The second-order valence-electron chi connectivity index (χ2n) is 4.48. The highest BCUT2D eigenvalue weighted by Gasteiger charge is 2.34. The molecule has 0 aliphatic carbocycles. The van der Waals surface area contributed by atoms with Gasteiger partial charge in [-0.3, -0.25) is 4.90 Å². The number of hydrogen-bond acceptors (Lipinski definition) is 4. The van der Waals surface area contributed by atoms with Crippen LogP contribution in [0.3, 0.4) is 0 Å². The van der Waals surface area contributed by atoms with Crippen LogP contribution in [0.25, 0.3) is 0 Å². The number of rotatable bonds is 4. The van der Waals surface area contributed by atoms with Crippen LogP contribution in [0.15, 0.2) is 17.0 Å². The molecule has 0 atom stereocenters. The second-order valence-corrected chi connectivity index (χ2v) is 5.43. The third-order valence-corrected chi connectivity index (χ3v) is 3.96. The largest absolute Gasteiger partial charge is 0.412 e. The molecule has 0 unspecified atom stereocenters. The zero-order valence-electron chi connectivity index (χ0n) is 10.4. The summed E-state index contributed by atoms with van der Waals surface area (Å²) in [6, 6.07) is 0. The quantitative estimate of drug-likeness (QED) is 0.866. The Morgan fingerprint density at radius 3 is 2.79 bits per heavy atom. The maximum Gasteiger partial charge on any atom is 0.412 e. The normalized spacial score (nSPS) is 17.6. The molecule has 1 aliphatic heterocycles. The minimum atomic E-state index is -4.18. The van der Waals surface area contributed by atoms with Crippen LogP contribution in [0.1, 0.15) is 17.1 Å². The predicted molar refractivity (Wildman–Crippen MR) is 68.9 cm³/mol. The van der Waals surface area contributed by atoms with E-state index < -0.39 is 11.7 Å². The third kappa shape index (κ3) is 4.02. The van der Waals surface area contributed by atoms with Gasteiger partial charge in [-0.25, -0.2) is 4.98 Å². The van der Waals surface area contributed by atoms with E-state index in [1.54, 1.807) is 11.3 Å². The van der Waals surface area contributed by atoms with Gasteiger partial charge in [-0.2, -0.15) is 13.2 Å². The van der Waals surface area contributed by atoms with E-state index in [-0.39, 0.29) is 6.42 Å². The summed E-state index contributed by atoms with van der Waals surface area (Å²) in [4.78, 5) is 6.38. The molecule has 2 heterocycles. The highest BCUT2D eigenvalue weighted by molar-refractivity contribution is 7.09. The number of hydrogen-bond donors (Lipinski definition) is 1. The van der Waals surface area contributed by atoms with Crippen LogP contribution >= 0.6 is 11.3 Å². The molecule has 0 fully saturated rings. The van der Waals surface area contributed by atoms with Crippen molar-refractivity contribution in [2.45, 2.75) is 25.6 Å². The van der Waals surface area contributed by atoms with E-state index in [1.807, 2.05) is 10.3 Å². The average molecular weight is 291 g/mol. The number of halogens is 3. The Morgan fingerprint density at radius 1 is 1.42 bits per heavy atom. The summed E-state index contributed by atoms with van der Waals surface area (Å²) in [6.07, 6.45) is -2.09. The van der Waals surface area contributed by atoms with Crippen LogP contribution in [-0.4, -0.2) is 35.7 Å². The molecule has 1 aliphatic rings. The summed E-state index contributed by atoms with van der Waals surface area (Å²) < 4.78 is 37.4. The van der Waals surface area contributed by atoms with E-state index in [4.69, 9.17) is 5.73 Å². The van der Waals surface area contributed by atoms with Gasteiger partial charge in [0.05, 0.1) is 10.7 Å². The van der Waals surface area contributed by atoms with Crippen LogP contribution < -0.4 is 5.73 Å². The first-order valence-corrected chi connectivity index (χ1v) is 6.99. The fraction of sp³-hybridized carbons (Fsp3) is 0.583. The van der Waals surface area contributed by atoms with Crippen molar-refractivity contribution in [2.24, 2.45) is 5.73 Å². The molecule has 0 saturated carbocycles. The van der Waals surface area contributed by atoms with Gasteiger partial charge in [-0.1, -0.05) is 6.08 Å². The fourth-order valence-electron chi connectivity index (χ4n) is 2.00. The Hall–Kier alpha value is -0.920. The Morgan fingerprint density at radius 2 is 2.21 bits per heavy atom. The van der Waals surface area contributed by atoms with E-state index in [9.17, 15) is 13.2 Å². The first kappa shape index (κ1) is 14.5. The van der Waals surface area contributed by atoms with E-state index in [0.717, 1.165) is 17.1 Å². The molecular weight excluding hydrogens is 275 g/mol. The summed E-state index contributed by atoms with van der Waals surface area (Å²) in [5.74, 6) is 0. The fourth-order valence-corrected chi connectivity index (χ4v) is 2.81. The first-order valence-electron chi connectivity index (χ1n) is 6.11. The molecule has 2 N–H and O–H groups in total. The molecule has 19 heavy (non-hydrogen) atoms. The van der Waals surface area contributed by atoms with Gasteiger partial charge in [-0.05, 0) is 13.0 Å². The Bertz CT molecular complexity index is 453. The summed E-state index contributed by atoms with van der Waals surface area (Å²) in [5, 5.41) is 2.94. The van der Waals surface area contributed by atoms with Crippen molar-refractivity contribution in [1.82, 2.24) is 9.88 Å². The lowest BCUT2D eigenvalue weighted by Gasteiger charge is -2.26. The molecule has 0 bridgehead atoms. The van der Waals surface area contributed by atoms with Crippen LogP contribution in [0.4, 0.5) is 13.2 Å². The highest BCUT2D eigenvalue weighted by atomic mass is 32.1. The van der Waals surface area contributed by atoms with Crippen molar-refractivity contribution in [2.75, 3.05) is 19.6 Å². The molecule has 0 radical (unpaired) electrons. The van der Waals surface area contributed by atoms with Crippen LogP contribution in [0.2, 0.25) is 0 Å². The van der Waals surface area contributed by atoms with Gasteiger partial charge in [0.2, 0.25) is 0 Å². The molecule has 3 nitrogen and oxygen atoms in total. The highest BCUT2D eigenvalue weighted by Crippen LogP contribution is 2.30. The van der Waals surface area contributed by atoms with Crippen molar-refractivity contribution in [1.29, 1.82) is 0 Å². The van der Waals surface area contributed by atoms with Gasteiger partial charge in [0.15, 0.2) is 0 Å². The van der Waals surface area contributed by atoms with Crippen molar-refractivity contribution in [3.05, 3.63) is 27.7 Å². The summed E-state index contributed by atoms with van der Waals surface area (Å²) in [5.41, 5.74) is 5.95. The molecule has 0 aromatic carbocycles. The first-order chi connectivity index (χ1) is 8.99. The van der Waals surface area contributed by atoms with Gasteiger partial charge < -0.3 is 5.73 Å². The number of thiazole rings is 1. The van der Waals surface area contributed by atoms with Gasteiger partial charge in [0, 0.05) is 37.0 Å². The van der Waals surface area contributed by atoms with E-state index in [1.165, 1.54) is 6.08 Å². The number of nitrogens with zero attached hydrogens (tertiary/aromatic N) is 2. The van der Waals surface area contributed by atoms with Crippen molar-refractivity contribution in [3.8, 4) is 0 Å². The lowest BCUT2D eigenvalue weighted by Crippen LogP contribution is -2.31. The van der Waals surface area contributed by atoms with Gasteiger partial charge in [0.1, 0.15) is 0 Å². The number of nitrogens with two attached hydrogens (primary N) is 1. The topological polar surface area (TPSA) is 42.1 Å². The summed E-state index contributed by atoms with van der Waals surface area (Å²) in [6.45, 7) is 1.92. The van der Waals surface area contributed by atoms with Crippen molar-refractivity contribution >= 4 is 11.3 Å². The lowest BCUT2D eigenvalue weighted by atomic mass is 10.1. The van der Waals surface area contributed by atoms with E-state index in [2.05, 4.69) is 4.98 Å². The maximum atomic E-state index is 12.5. The minimum Gasteiger partial charge on any atom is -0.330 e. The van der Waals surface area contributed by atoms with Crippen molar-refractivity contribution < 1.29 is 13.2 Å². The van der Waals surface area contributed by atoms with Gasteiger partial charge >= 0.3 is 6.18 Å².